The maximum atomic E-state index is 13.1. The van der Waals surface area contributed by atoms with E-state index in [9.17, 15) is 8.42 Å². The molecule has 2 heterocycles. The molecule has 1 N–H and O–H groups in total. The van der Waals surface area contributed by atoms with Crippen molar-refractivity contribution >= 4 is 15.7 Å². The first kappa shape index (κ1) is 20.7. The number of aryl methyl sites for hydroxylation is 1. The highest BCUT2D eigenvalue weighted by molar-refractivity contribution is 7.92. The number of methoxy groups -OCH3 is 1. The van der Waals surface area contributed by atoms with Gasteiger partial charge in [-0.25, -0.2) is 13.1 Å². The Balaban J connectivity index is 1.57. The molecule has 8 nitrogen and oxygen atoms in total. The van der Waals surface area contributed by atoms with Crippen LogP contribution in [0.25, 0.3) is 5.69 Å². The minimum atomic E-state index is -3.84. The van der Waals surface area contributed by atoms with Crippen LogP contribution in [0.2, 0.25) is 0 Å². The van der Waals surface area contributed by atoms with Crippen LogP contribution in [0.5, 0.6) is 5.75 Å². The van der Waals surface area contributed by atoms with Crippen LogP contribution in [0, 0.1) is 13.8 Å². The molecule has 0 saturated carbocycles. The fourth-order valence-corrected chi connectivity index (χ4v) is 4.93. The third-order valence-electron chi connectivity index (χ3n) is 4.86. The van der Waals surface area contributed by atoms with Crippen LogP contribution in [-0.2, 0) is 16.6 Å². The molecule has 0 fully saturated rings. The van der Waals surface area contributed by atoms with Gasteiger partial charge in [0.1, 0.15) is 10.6 Å². The van der Waals surface area contributed by atoms with Gasteiger partial charge in [-0.15, -0.1) is 0 Å². The van der Waals surface area contributed by atoms with Crippen LogP contribution in [0.3, 0.4) is 0 Å². The Morgan fingerprint density at radius 3 is 2.58 bits per heavy atom. The Hall–Kier alpha value is -3.59. The third kappa shape index (κ3) is 4.31. The van der Waals surface area contributed by atoms with Gasteiger partial charge in [0, 0.05) is 6.20 Å². The molecule has 4 aromatic rings. The summed E-state index contributed by atoms with van der Waals surface area (Å²) in [6, 6.07) is 17.1. The normalized spacial score (nSPS) is 11.5. The molecule has 160 valence electrons. The minimum absolute atomic E-state index is 0.164. The summed E-state index contributed by atoms with van der Waals surface area (Å²) in [5.74, 6) is 0.756. The highest BCUT2D eigenvalue weighted by atomic mass is 32.2. The molecule has 0 atom stereocenters. The van der Waals surface area contributed by atoms with Gasteiger partial charge in [-0.2, -0.15) is 10.2 Å². The predicted molar refractivity (Wildman–Crippen MR) is 118 cm³/mol. The van der Waals surface area contributed by atoms with Crippen LogP contribution < -0.4 is 9.46 Å². The zero-order valence-corrected chi connectivity index (χ0v) is 18.3. The van der Waals surface area contributed by atoms with Gasteiger partial charge in [-0.05, 0) is 43.7 Å². The number of rotatable bonds is 7. The number of nitrogens with one attached hydrogen (secondary N) is 1. The zero-order chi connectivity index (χ0) is 22.0. The van der Waals surface area contributed by atoms with Gasteiger partial charge >= 0.3 is 0 Å². The van der Waals surface area contributed by atoms with E-state index in [0.717, 1.165) is 17.0 Å². The lowest BCUT2D eigenvalue weighted by molar-refractivity contribution is 0.414. The second kappa shape index (κ2) is 8.27. The van der Waals surface area contributed by atoms with Crippen LogP contribution >= 0.6 is 0 Å². The number of para-hydroxylation sites is 1. The van der Waals surface area contributed by atoms with Crippen LogP contribution in [0.1, 0.15) is 17.0 Å². The quantitative estimate of drug-likeness (QED) is 0.478. The molecule has 31 heavy (non-hydrogen) atoms. The van der Waals surface area contributed by atoms with Crippen LogP contribution in [0.4, 0.5) is 5.69 Å². The van der Waals surface area contributed by atoms with E-state index in [1.807, 2.05) is 54.6 Å². The number of sulfonamides is 1. The second-order valence-corrected chi connectivity index (χ2v) is 8.75. The highest BCUT2D eigenvalue weighted by Crippen LogP contribution is 2.25. The fraction of sp³-hybridized carbons (Fsp3) is 0.182. The number of nitrogens with zero attached hydrogens (tertiary/aromatic N) is 4. The summed E-state index contributed by atoms with van der Waals surface area (Å²) >= 11 is 0. The average Bonchev–Trinajstić information content (AvgIpc) is 3.31. The number of hydrogen-bond acceptors (Lipinski definition) is 5. The maximum absolute atomic E-state index is 13.1. The zero-order valence-electron chi connectivity index (χ0n) is 17.5. The molecule has 2 aromatic carbocycles. The minimum Gasteiger partial charge on any atom is -0.497 e. The maximum Gasteiger partial charge on any atom is 0.265 e. The van der Waals surface area contributed by atoms with Gasteiger partial charge in [0.25, 0.3) is 10.0 Å². The van der Waals surface area contributed by atoms with Crippen molar-refractivity contribution in [3.63, 3.8) is 0 Å². The Labute approximate surface area is 181 Å². The SMILES string of the molecule is COc1cccc(Cn2cc(NS(=O)(=O)c3c(C)nn(-c4ccccc4)c3C)cn2)c1. The molecule has 0 amide bonds. The van der Waals surface area contributed by atoms with Gasteiger partial charge in [0.05, 0.1) is 42.6 Å². The second-order valence-electron chi connectivity index (χ2n) is 7.13. The molecule has 0 aliphatic carbocycles. The molecule has 0 bridgehead atoms. The standard InChI is InChI=1S/C22H23N5O3S/c1-16-22(17(2)27(24-16)20-9-5-4-6-10-20)31(28,29)25-19-13-23-26(15-19)14-18-8-7-11-21(12-18)30-3/h4-13,15,25H,14H2,1-3H3. The first-order valence-electron chi connectivity index (χ1n) is 9.67. The van der Waals surface area contributed by atoms with Gasteiger partial charge in [-0.3, -0.25) is 9.40 Å². The van der Waals surface area contributed by atoms with Gasteiger partial charge in [-0.1, -0.05) is 30.3 Å². The Morgan fingerprint density at radius 2 is 1.84 bits per heavy atom. The molecule has 9 heteroatoms. The Morgan fingerprint density at radius 1 is 1.06 bits per heavy atom. The highest BCUT2D eigenvalue weighted by Gasteiger charge is 2.25. The van der Waals surface area contributed by atoms with Crippen LogP contribution in [-0.4, -0.2) is 35.1 Å². The van der Waals surface area contributed by atoms with E-state index >= 15 is 0 Å². The molecule has 0 aliphatic heterocycles. The largest absolute Gasteiger partial charge is 0.497 e. The van der Waals surface area contributed by atoms with Crippen LogP contribution in [0.15, 0.2) is 71.9 Å². The van der Waals surface area contributed by atoms with Crippen molar-refractivity contribution in [2.75, 3.05) is 11.8 Å². The number of ether oxygens (including phenoxy) is 1. The molecule has 2 aromatic heterocycles. The van der Waals surface area contributed by atoms with E-state index in [-0.39, 0.29) is 4.90 Å². The summed E-state index contributed by atoms with van der Waals surface area (Å²) in [5, 5.41) is 8.70. The van der Waals surface area contributed by atoms with Crippen molar-refractivity contribution in [3.05, 3.63) is 83.9 Å². The number of benzene rings is 2. The Bertz CT molecular complexity index is 1310. The average molecular weight is 438 g/mol. The lowest BCUT2D eigenvalue weighted by Crippen LogP contribution is -2.14. The number of anilines is 1. The third-order valence-corrected chi connectivity index (χ3v) is 6.49. The summed E-state index contributed by atoms with van der Waals surface area (Å²) < 4.78 is 37.4. The molecular weight excluding hydrogens is 414 g/mol. The van der Waals surface area contributed by atoms with Gasteiger partial charge < -0.3 is 4.74 Å². The Kier molecular flexibility index (Phi) is 5.51. The summed E-state index contributed by atoms with van der Waals surface area (Å²) in [6.07, 6.45) is 3.15. The molecular formula is C22H23N5O3S. The summed E-state index contributed by atoms with van der Waals surface area (Å²) in [6.45, 7) is 3.92. The lowest BCUT2D eigenvalue weighted by atomic mass is 10.2. The van der Waals surface area contributed by atoms with Gasteiger partial charge in [0.15, 0.2) is 0 Å². The molecule has 0 radical (unpaired) electrons. The van der Waals surface area contributed by atoms with Crippen molar-refractivity contribution in [1.29, 1.82) is 0 Å². The van der Waals surface area contributed by atoms with Crippen molar-refractivity contribution in [2.45, 2.75) is 25.3 Å². The van der Waals surface area contributed by atoms with Crippen molar-refractivity contribution in [1.82, 2.24) is 19.6 Å². The summed E-state index contributed by atoms with van der Waals surface area (Å²) in [7, 11) is -2.22. The predicted octanol–water partition coefficient (Wildman–Crippen LogP) is 3.54. The van der Waals surface area contributed by atoms with E-state index in [4.69, 9.17) is 4.74 Å². The van der Waals surface area contributed by atoms with Crippen molar-refractivity contribution in [3.8, 4) is 11.4 Å². The monoisotopic (exact) mass is 437 g/mol. The topological polar surface area (TPSA) is 91.0 Å². The van der Waals surface area contributed by atoms with Gasteiger partial charge in [0.2, 0.25) is 0 Å². The first-order valence-corrected chi connectivity index (χ1v) is 11.2. The molecule has 0 unspecified atom stereocenters. The van der Waals surface area contributed by atoms with Crippen molar-refractivity contribution in [2.24, 2.45) is 0 Å². The van der Waals surface area contributed by atoms with E-state index in [2.05, 4.69) is 14.9 Å². The van der Waals surface area contributed by atoms with E-state index in [0.29, 0.717) is 23.6 Å². The molecule has 0 aliphatic rings. The first-order chi connectivity index (χ1) is 14.9. The van der Waals surface area contributed by atoms with Crippen molar-refractivity contribution < 1.29 is 13.2 Å². The molecule has 0 saturated heterocycles. The molecule has 4 rings (SSSR count). The van der Waals surface area contributed by atoms with E-state index in [1.165, 1.54) is 6.20 Å². The fourth-order valence-electron chi connectivity index (χ4n) is 3.50. The lowest BCUT2D eigenvalue weighted by Gasteiger charge is -2.08. The number of hydrogen-bond donors (Lipinski definition) is 1. The summed E-state index contributed by atoms with van der Waals surface area (Å²) in [5.41, 5.74) is 3.15. The van der Waals surface area contributed by atoms with E-state index < -0.39 is 10.0 Å². The smallest absolute Gasteiger partial charge is 0.265 e. The molecule has 0 spiro atoms. The van der Waals surface area contributed by atoms with E-state index in [1.54, 1.807) is 36.5 Å². The number of aromatic nitrogens is 4. The summed E-state index contributed by atoms with van der Waals surface area (Å²) in [4.78, 5) is 0.164.